The largest absolute Gasteiger partial charge is 0.349 e. The Hall–Kier alpha value is -3.12. The zero-order chi connectivity index (χ0) is 24.3. The Morgan fingerprint density at radius 1 is 1.06 bits per heavy atom. The summed E-state index contributed by atoms with van der Waals surface area (Å²) in [7, 11) is 0. The highest BCUT2D eigenvalue weighted by atomic mass is 16.7. The van der Waals surface area contributed by atoms with E-state index in [-0.39, 0.29) is 17.4 Å². The van der Waals surface area contributed by atoms with Crippen LogP contribution >= 0.6 is 0 Å². The standard InChI is InChI=1S/C28H35N3O3/c1-27(2,3)29-26(33)28(4)19-24(30-34-28)22-10-12-23(13-11-22)25(32)31-16-14-21(15-17-31)18-20-8-6-5-7-9-20/h5-13,19,21,30H,14-18H2,1-4H3,(H,29,33). The Labute approximate surface area is 202 Å². The van der Waals surface area contributed by atoms with Crippen molar-refractivity contribution in [2.75, 3.05) is 13.1 Å². The fourth-order valence-electron chi connectivity index (χ4n) is 4.48. The number of hydrogen-bond acceptors (Lipinski definition) is 4. The highest BCUT2D eigenvalue weighted by molar-refractivity contribution is 5.95. The smallest absolute Gasteiger partial charge is 0.259 e. The number of hydrogen-bond donors (Lipinski definition) is 2. The van der Waals surface area contributed by atoms with Crippen LogP contribution in [-0.2, 0) is 16.1 Å². The predicted octanol–water partition coefficient (Wildman–Crippen LogP) is 4.33. The molecule has 2 aliphatic rings. The van der Waals surface area contributed by atoms with Crippen LogP contribution in [0.25, 0.3) is 5.70 Å². The maximum Gasteiger partial charge on any atom is 0.259 e. The Kier molecular flexibility index (Phi) is 6.80. The van der Waals surface area contributed by atoms with Gasteiger partial charge in [-0.15, -0.1) is 0 Å². The van der Waals surface area contributed by atoms with Gasteiger partial charge in [-0.2, -0.15) is 0 Å². The minimum atomic E-state index is -1.10. The van der Waals surface area contributed by atoms with Gasteiger partial charge in [-0.05, 0) is 82.2 Å². The third-order valence-electron chi connectivity index (χ3n) is 6.44. The molecule has 0 aliphatic carbocycles. The Morgan fingerprint density at radius 2 is 1.71 bits per heavy atom. The summed E-state index contributed by atoms with van der Waals surface area (Å²) >= 11 is 0. The predicted molar refractivity (Wildman–Crippen MR) is 134 cm³/mol. The Bertz CT molecular complexity index is 1050. The van der Waals surface area contributed by atoms with Crippen LogP contribution in [-0.4, -0.2) is 40.9 Å². The van der Waals surface area contributed by atoms with Crippen LogP contribution in [0.1, 0.15) is 62.0 Å². The van der Waals surface area contributed by atoms with Crippen LogP contribution in [0.3, 0.4) is 0 Å². The number of benzene rings is 2. The molecule has 2 aromatic rings. The number of carbonyl (C=O) groups excluding carboxylic acids is 2. The van der Waals surface area contributed by atoms with Crippen molar-refractivity contribution in [1.82, 2.24) is 15.7 Å². The van der Waals surface area contributed by atoms with E-state index in [9.17, 15) is 9.59 Å². The lowest BCUT2D eigenvalue weighted by Crippen LogP contribution is -2.51. The number of amides is 2. The molecule has 2 heterocycles. The van der Waals surface area contributed by atoms with Crippen molar-refractivity contribution < 1.29 is 14.4 Å². The normalized spacial score (nSPS) is 21.1. The van der Waals surface area contributed by atoms with Gasteiger partial charge in [0.05, 0.1) is 5.70 Å². The molecule has 2 aromatic carbocycles. The van der Waals surface area contributed by atoms with Crippen molar-refractivity contribution in [2.45, 2.75) is 58.1 Å². The SMILES string of the molecule is CC(C)(C)NC(=O)C1(C)C=C(c2ccc(C(=O)N3CCC(Cc4ccccc4)CC3)cc2)NO1. The van der Waals surface area contributed by atoms with Crippen molar-refractivity contribution in [1.29, 1.82) is 0 Å². The highest BCUT2D eigenvalue weighted by Crippen LogP contribution is 2.28. The molecule has 1 atom stereocenters. The van der Waals surface area contributed by atoms with Crippen LogP contribution in [0.4, 0.5) is 0 Å². The summed E-state index contributed by atoms with van der Waals surface area (Å²) in [5, 5.41) is 2.95. The van der Waals surface area contributed by atoms with E-state index in [0.717, 1.165) is 37.9 Å². The molecule has 180 valence electrons. The monoisotopic (exact) mass is 461 g/mol. The fraction of sp³-hybridized carbons (Fsp3) is 0.429. The molecule has 0 saturated carbocycles. The topological polar surface area (TPSA) is 70.7 Å². The van der Waals surface area contributed by atoms with Gasteiger partial charge in [-0.1, -0.05) is 42.5 Å². The third-order valence-corrected chi connectivity index (χ3v) is 6.44. The first kappa shape index (κ1) is 24.0. The summed E-state index contributed by atoms with van der Waals surface area (Å²) in [4.78, 5) is 33.2. The van der Waals surface area contributed by atoms with Gasteiger partial charge < -0.3 is 10.2 Å². The maximum absolute atomic E-state index is 13.0. The number of nitrogens with zero attached hydrogens (tertiary/aromatic N) is 1. The molecule has 1 unspecified atom stereocenters. The second kappa shape index (κ2) is 9.63. The molecule has 2 aliphatic heterocycles. The number of piperidine rings is 1. The lowest BCUT2D eigenvalue weighted by Gasteiger charge is -2.32. The van der Waals surface area contributed by atoms with Crippen molar-refractivity contribution in [3.63, 3.8) is 0 Å². The van der Waals surface area contributed by atoms with Gasteiger partial charge in [0.2, 0.25) is 0 Å². The van der Waals surface area contributed by atoms with Crippen LogP contribution in [0.15, 0.2) is 60.7 Å². The summed E-state index contributed by atoms with van der Waals surface area (Å²) in [6, 6.07) is 18.1. The van der Waals surface area contributed by atoms with E-state index in [2.05, 4.69) is 35.1 Å². The third kappa shape index (κ3) is 5.68. The van der Waals surface area contributed by atoms with E-state index in [1.807, 2.05) is 56.0 Å². The van der Waals surface area contributed by atoms with Crippen LogP contribution in [0.2, 0.25) is 0 Å². The first-order valence-electron chi connectivity index (χ1n) is 12.1. The summed E-state index contributed by atoms with van der Waals surface area (Å²) in [6.07, 6.45) is 4.92. The molecule has 0 bridgehead atoms. The average Bonchev–Trinajstić information content (AvgIpc) is 3.22. The van der Waals surface area contributed by atoms with Crippen molar-refractivity contribution in [2.24, 2.45) is 5.92 Å². The summed E-state index contributed by atoms with van der Waals surface area (Å²) < 4.78 is 0. The average molecular weight is 462 g/mol. The molecular formula is C28H35N3O3. The molecule has 0 radical (unpaired) electrons. The Balaban J connectivity index is 1.35. The van der Waals surface area contributed by atoms with Crippen molar-refractivity contribution >= 4 is 17.5 Å². The molecule has 0 aromatic heterocycles. The molecule has 4 rings (SSSR count). The number of hydroxylamine groups is 1. The summed E-state index contributed by atoms with van der Waals surface area (Å²) in [5.41, 5.74) is 5.06. The first-order valence-corrected chi connectivity index (χ1v) is 12.1. The maximum atomic E-state index is 13.0. The molecule has 2 N–H and O–H groups in total. The molecule has 0 spiro atoms. The lowest BCUT2D eigenvalue weighted by atomic mass is 9.90. The quantitative estimate of drug-likeness (QED) is 0.695. The van der Waals surface area contributed by atoms with Gasteiger partial charge in [0, 0.05) is 24.2 Å². The fourth-order valence-corrected chi connectivity index (χ4v) is 4.48. The number of rotatable bonds is 5. The number of nitrogens with one attached hydrogen (secondary N) is 2. The second-order valence-corrected chi connectivity index (χ2v) is 10.6. The van der Waals surface area contributed by atoms with Crippen molar-refractivity contribution in [3.05, 3.63) is 77.4 Å². The van der Waals surface area contributed by atoms with Crippen LogP contribution < -0.4 is 10.8 Å². The molecule has 34 heavy (non-hydrogen) atoms. The van der Waals surface area contributed by atoms with Gasteiger partial charge in [0.1, 0.15) is 0 Å². The minimum Gasteiger partial charge on any atom is -0.349 e. The molecule has 1 fully saturated rings. The van der Waals surface area contributed by atoms with E-state index in [1.165, 1.54) is 5.56 Å². The van der Waals surface area contributed by atoms with Gasteiger partial charge in [0.25, 0.3) is 11.8 Å². The summed E-state index contributed by atoms with van der Waals surface area (Å²) in [6.45, 7) is 9.11. The van der Waals surface area contributed by atoms with E-state index >= 15 is 0 Å². The summed E-state index contributed by atoms with van der Waals surface area (Å²) in [5.74, 6) is 0.493. The highest BCUT2D eigenvalue weighted by Gasteiger charge is 2.39. The molecular weight excluding hydrogens is 426 g/mol. The second-order valence-electron chi connectivity index (χ2n) is 10.6. The molecule has 6 heteroatoms. The first-order chi connectivity index (χ1) is 16.1. The van der Waals surface area contributed by atoms with E-state index in [0.29, 0.717) is 17.2 Å². The number of likely N-dealkylation sites (tertiary alicyclic amines) is 1. The number of carbonyl (C=O) groups is 2. The molecule has 2 amide bonds. The van der Waals surface area contributed by atoms with Crippen LogP contribution in [0, 0.1) is 5.92 Å². The Morgan fingerprint density at radius 3 is 2.32 bits per heavy atom. The van der Waals surface area contributed by atoms with E-state index < -0.39 is 5.60 Å². The minimum absolute atomic E-state index is 0.0729. The lowest BCUT2D eigenvalue weighted by molar-refractivity contribution is -0.143. The zero-order valence-corrected chi connectivity index (χ0v) is 20.6. The molecule has 6 nitrogen and oxygen atoms in total. The van der Waals surface area contributed by atoms with Crippen LogP contribution in [0.5, 0.6) is 0 Å². The zero-order valence-electron chi connectivity index (χ0n) is 20.6. The molecule has 1 saturated heterocycles. The van der Waals surface area contributed by atoms with Gasteiger partial charge in [-0.25, -0.2) is 0 Å². The van der Waals surface area contributed by atoms with Gasteiger partial charge >= 0.3 is 0 Å². The van der Waals surface area contributed by atoms with E-state index in [4.69, 9.17) is 4.84 Å². The van der Waals surface area contributed by atoms with Gasteiger partial charge in [0.15, 0.2) is 5.60 Å². The van der Waals surface area contributed by atoms with Crippen molar-refractivity contribution in [3.8, 4) is 0 Å². The van der Waals surface area contributed by atoms with Gasteiger partial charge in [-0.3, -0.25) is 19.9 Å². The van der Waals surface area contributed by atoms with E-state index in [1.54, 1.807) is 13.0 Å².